The van der Waals surface area contributed by atoms with Crippen LogP contribution in [-0.2, 0) is 14.4 Å². The summed E-state index contributed by atoms with van der Waals surface area (Å²) >= 11 is 0. The van der Waals surface area contributed by atoms with Crippen molar-refractivity contribution in [2.45, 2.75) is 46.6 Å². The molecule has 0 fully saturated rings. The van der Waals surface area contributed by atoms with E-state index in [1.807, 2.05) is 13.8 Å². The molecule has 0 spiro atoms. The average molecular weight is 261 g/mol. The van der Waals surface area contributed by atoms with Gasteiger partial charge in [-0.05, 0) is 18.3 Å². The molecule has 4 N–H and O–H groups in total. The fraction of sp³-hybridized carbons (Fsp3) is 0.750. The summed E-state index contributed by atoms with van der Waals surface area (Å²) in [6, 6.07) is -0.690. The Bertz CT molecular complexity index is 286. The molecule has 0 bridgehead atoms. The van der Waals surface area contributed by atoms with Crippen LogP contribution in [0.5, 0.6) is 0 Å². The Labute approximate surface area is 107 Å². The first-order valence-corrected chi connectivity index (χ1v) is 5.82. The monoisotopic (exact) mass is 261 g/mol. The summed E-state index contributed by atoms with van der Waals surface area (Å²) in [5.41, 5.74) is 5.22. The Balaban J connectivity index is 0. The first-order valence-electron chi connectivity index (χ1n) is 5.82. The minimum absolute atomic E-state index is 0.133. The second-order valence-electron chi connectivity index (χ2n) is 4.90. The normalized spacial score (nSPS) is 11.7. The third-order valence-corrected chi connectivity index (χ3v) is 1.87. The molecule has 0 aliphatic heterocycles. The zero-order chi connectivity index (χ0) is 14.9. The number of ketones is 1. The van der Waals surface area contributed by atoms with Crippen LogP contribution in [0.3, 0.4) is 0 Å². The number of carbonyl (C=O) groups excluding carboxylic acids is 1. The molecule has 0 saturated heterocycles. The molecule has 106 valence electrons. The Morgan fingerprint density at radius 1 is 1.00 bits per heavy atom. The van der Waals surface area contributed by atoms with Gasteiger partial charge in [0.1, 0.15) is 6.04 Å². The maximum Gasteiger partial charge on any atom is 0.372 e. The SMILES string of the molecule is CC(C)CC(=O)C(=O)O.CC(C)C[C@H](N)C(=O)O. The Kier molecular flexibility index (Phi) is 10.1. The van der Waals surface area contributed by atoms with E-state index in [9.17, 15) is 14.4 Å². The molecule has 1 atom stereocenters. The molecule has 0 aromatic rings. The van der Waals surface area contributed by atoms with E-state index in [2.05, 4.69) is 0 Å². The van der Waals surface area contributed by atoms with Gasteiger partial charge in [0, 0.05) is 6.42 Å². The molecule has 0 aromatic carbocycles. The molecule has 18 heavy (non-hydrogen) atoms. The maximum absolute atomic E-state index is 10.4. The van der Waals surface area contributed by atoms with Gasteiger partial charge >= 0.3 is 11.9 Å². The molecule has 0 heterocycles. The number of hydrogen-bond donors (Lipinski definition) is 3. The predicted octanol–water partition coefficient (Wildman–Crippen LogP) is 1.13. The molecule has 0 aliphatic rings. The molecular weight excluding hydrogens is 238 g/mol. The van der Waals surface area contributed by atoms with Gasteiger partial charge in [-0.25, -0.2) is 4.79 Å². The molecule has 0 amide bonds. The number of aliphatic carboxylic acids is 2. The first kappa shape index (κ1) is 18.9. The van der Waals surface area contributed by atoms with E-state index in [4.69, 9.17) is 15.9 Å². The summed E-state index contributed by atoms with van der Waals surface area (Å²) in [4.78, 5) is 30.3. The highest BCUT2D eigenvalue weighted by molar-refractivity contribution is 6.32. The topological polar surface area (TPSA) is 118 Å². The molecule has 0 saturated carbocycles. The minimum atomic E-state index is -1.33. The van der Waals surface area contributed by atoms with Crippen LogP contribution in [0.4, 0.5) is 0 Å². The van der Waals surface area contributed by atoms with E-state index < -0.39 is 23.8 Å². The lowest BCUT2D eigenvalue weighted by molar-refractivity contribution is -0.149. The van der Waals surface area contributed by atoms with Crippen molar-refractivity contribution in [2.24, 2.45) is 17.6 Å². The van der Waals surface area contributed by atoms with Crippen LogP contribution in [0, 0.1) is 11.8 Å². The Morgan fingerprint density at radius 3 is 1.56 bits per heavy atom. The lowest BCUT2D eigenvalue weighted by Crippen LogP contribution is -2.31. The Morgan fingerprint density at radius 2 is 1.44 bits per heavy atom. The molecule has 0 rings (SSSR count). The maximum atomic E-state index is 10.4. The standard InChI is InChI=1S/C6H13NO2.C6H10O3/c2*1-4(2)3-5(7)6(8)9/h4-5H,3,7H2,1-2H3,(H,8,9);4H,3H2,1-2H3,(H,8,9)/t5-;/m0./s1. The fourth-order valence-electron chi connectivity index (χ4n) is 1.07. The van der Waals surface area contributed by atoms with Crippen molar-refractivity contribution in [3.63, 3.8) is 0 Å². The van der Waals surface area contributed by atoms with Gasteiger partial charge in [-0.15, -0.1) is 0 Å². The summed E-state index contributed by atoms with van der Waals surface area (Å²) in [6.45, 7) is 7.51. The number of carboxylic acid groups (broad SMARTS) is 2. The number of carbonyl (C=O) groups is 3. The zero-order valence-electron chi connectivity index (χ0n) is 11.3. The first-order chi connectivity index (χ1) is 8.07. The van der Waals surface area contributed by atoms with Crippen molar-refractivity contribution in [1.82, 2.24) is 0 Å². The van der Waals surface area contributed by atoms with Crippen molar-refractivity contribution in [3.8, 4) is 0 Å². The second kappa shape index (κ2) is 9.58. The van der Waals surface area contributed by atoms with Crippen LogP contribution in [-0.4, -0.2) is 34.0 Å². The summed E-state index contributed by atoms with van der Waals surface area (Å²) in [5, 5.41) is 16.4. The molecule has 0 radical (unpaired) electrons. The van der Waals surface area contributed by atoms with Gasteiger partial charge < -0.3 is 15.9 Å². The van der Waals surface area contributed by atoms with E-state index in [0.717, 1.165) is 0 Å². The van der Waals surface area contributed by atoms with Gasteiger partial charge in [-0.3, -0.25) is 9.59 Å². The van der Waals surface area contributed by atoms with Crippen molar-refractivity contribution in [2.75, 3.05) is 0 Å². The molecule has 6 heteroatoms. The lowest BCUT2D eigenvalue weighted by Gasteiger charge is -2.07. The molecule has 6 nitrogen and oxygen atoms in total. The van der Waals surface area contributed by atoms with Crippen LogP contribution in [0.2, 0.25) is 0 Å². The van der Waals surface area contributed by atoms with Crippen molar-refractivity contribution in [3.05, 3.63) is 0 Å². The summed E-state index contributed by atoms with van der Waals surface area (Å²) < 4.78 is 0. The molecule has 0 unspecified atom stereocenters. The number of carboxylic acids is 2. The quantitative estimate of drug-likeness (QED) is 0.617. The Hall–Kier alpha value is -1.43. The minimum Gasteiger partial charge on any atom is -0.480 e. The highest BCUT2D eigenvalue weighted by atomic mass is 16.4. The van der Waals surface area contributed by atoms with Gasteiger partial charge in [0.15, 0.2) is 0 Å². The van der Waals surface area contributed by atoms with Crippen LogP contribution in [0.1, 0.15) is 40.5 Å². The van der Waals surface area contributed by atoms with Gasteiger partial charge in [0.25, 0.3) is 0 Å². The van der Waals surface area contributed by atoms with Crippen LogP contribution < -0.4 is 5.73 Å². The summed E-state index contributed by atoms with van der Waals surface area (Å²) in [6.07, 6.45) is 0.685. The van der Waals surface area contributed by atoms with Gasteiger partial charge in [0.2, 0.25) is 5.78 Å². The van der Waals surface area contributed by atoms with E-state index in [0.29, 0.717) is 12.3 Å². The molecule has 0 aromatic heterocycles. The highest BCUT2D eigenvalue weighted by Crippen LogP contribution is 2.01. The van der Waals surface area contributed by atoms with Gasteiger partial charge in [0.05, 0.1) is 0 Å². The summed E-state index contributed by atoms with van der Waals surface area (Å²) in [7, 11) is 0. The zero-order valence-corrected chi connectivity index (χ0v) is 11.3. The van der Waals surface area contributed by atoms with Crippen LogP contribution >= 0.6 is 0 Å². The molecular formula is C12H23NO5. The number of Topliss-reactive ketones (excluding diaryl/α,β-unsaturated/α-hetero) is 1. The van der Waals surface area contributed by atoms with Crippen molar-refractivity contribution < 1.29 is 24.6 Å². The van der Waals surface area contributed by atoms with Gasteiger partial charge in [-0.2, -0.15) is 0 Å². The predicted molar refractivity (Wildman–Crippen MR) is 67.2 cm³/mol. The van der Waals surface area contributed by atoms with Crippen molar-refractivity contribution >= 4 is 17.7 Å². The van der Waals surface area contributed by atoms with E-state index in [-0.39, 0.29) is 12.3 Å². The highest BCUT2D eigenvalue weighted by Gasteiger charge is 2.12. The smallest absolute Gasteiger partial charge is 0.372 e. The number of rotatable bonds is 6. The van der Waals surface area contributed by atoms with E-state index >= 15 is 0 Å². The van der Waals surface area contributed by atoms with Crippen molar-refractivity contribution in [1.29, 1.82) is 0 Å². The van der Waals surface area contributed by atoms with E-state index in [1.54, 1.807) is 13.8 Å². The largest absolute Gasteiger partial charge is 0.480 e. The third-order valence-electron chi connectivity index (χ3n) is 1.87. The third kappa shape index (κ3) is 12.6. The number of hydrogen-bond acceptors (Lipinski definition) is 4. The summed E-state index contributed by atoms with van der Waals surface area (Å²) in [5.74, 6) is -2.46. The second-order valence-corrected chi connectivity index (χ2v) is 4.90. The fourth-order valence-corrected chi connectivity index (χ4v) is 1.07. The average Bonchev–Trinajstić information content (AvgIpc) is 2.16. The van der Waals surface area contributed by atoms with Crippen LogP contribution in [0.25, 0.3) is 0 Å². The molecule has 0 aliphatic carbocycles. The van der Waals surface area contributed by atoms with E-state index in [1.165, 1.54) is 0 Å². The van der Waals surface area contributed by atoms with Gasteiger partial charge in [-0.1, -0.05) is 27.7 Å². The number of nitrogens with two attached hydrogens (primary N) is 1. The lowest BCUT2D eigenvalue weighted by atomic mass is 10.1. The van der Waals surface area contributed by atoms with Crippen LogP contribution in [0.15, 0.2) is 0 Å².